The fourth-order valence-corrected chi connectivity index (χ4v) is 1.34. The number of amides is 1. The van der Waals surface area contributed by atoms with Crippen LogP contribution in [0.5, 0.6) is 0 Å². The van der Waals surface area contributed by atoms with Gasteiger partial charge in [-0.2, -0.15) is 0 Å². The summed E-state index contributed by atoms with van der Waals surface area (Å²) in [4.78, 5) is 21.9. The lowest BCUT2D eigenvalue weighted by molar-refractivity contribution is -0.140. The highest BCUT2D eigenvalue weighted by Crippen LogP contribution is 2.38. The van der Waals surface area contributed by atoms with Crippen molar-refractivity contribution >= 4 is 11.9 Å². The van der Waals surface area contributed by atoms with Crippen molar-refractivity contribution in [2.45, 2.75) is 12.7 Å². The van der Waals surface area contributed by atoms with Crippen molar-refractivity contribution in [3.8, 4) is 0 Å². The van der Waals surface area contributed by atoms with E-state index in [0.29, 0.717) is 6.42 Å². The van der Waals surface area contributed by atoms with E-state index in [0.717, 1.165) is 0 Å². The molecule has 0 radical (unpaired) electrons. The van der Waals surface area contributed by atoms with E-state index in [9.17, 15) is 9.59 Å². The third-order valence-electron chi connectivity index (χ3n) is 2.41. The van der Waals surface area contributed by atoms with Crippen LogP contribution in [-0.4, -0.2) is 44.0 Å². The van der Waals surface area contributed by atoms with Gasteiger partial charge in [0.25, 0.3) is 0 Å². The van der Waals surface area contributed by atoms with E-state index in [1.54, 1.807) is 0 Å². The maximum absolute atomic E-state index is 11.4. The number of ether oxygens (including phenoxy) is 2. The fourth-order valence-electron chi connectivity index (χ4n) is 1.34. The summed E-state index contributed by atoms with van der Waals surface area (Å²) in [6, 6.07) is 0. The van der Waals surface area contributed by atoms with Crippen LogP contribution in [0.25, 0.3) is 0 Å². The highest BCUT2D eigenvalue weighted by molar-refractivity contribution is 5.89. The summed E-state index contributed by atoms with van der Waals surface area (Å²) in [5.41, 5.74) is 0. The summed E-state index contributed by atoms with van der Waals surface area (Å²) in [6.07, 6.45) is -0.0674. The molecule has 2 atom stereocenters. The molecule has 0 unspecified atom stereocenters. The van der Waals surface area contributed by atoms with Crippen LogP contribution in [0.15, 0.2) is 0 Å². The Bertz CT molecular complexity index is 251. The quantitative estimate of drug-likeness (QED) is 0.583. The Morgan fingerprint density at radius 2 is 2.00 bits per heavy atom. The lowest BCUT2D eigenvalue weighted by Crippen LogP contribution is -2.35. The van der Waals surface area contributed by atoms with Crippen LogP contribution in [0.4, 0.5) is 0 Å². The van der Waals surface area contributed by atoms with Gasteiger partial charge >= 0.3 is 5.97 Å². The molecule has 0 aromatic rings. The van der Waals surface area contributed by atoms with Gasteiger partial charge in [0.2, 0.25) is 5.91 Å². The molecule has 6 heteroatoms. The number of rotatable bonds is 6. The summed E-state index contributed by atoms with van der Waals surface area (Å²) in [6.45, 7) is 0.231. The van der Waals surface area contributed by atoms with E-state index in [1.165, 1.54) is 14.2 Å². The number of carbonyl (C=O) groups excluding carboxylic acids is 1. The van der Waals surface area contributed by atoms with Gasteiger partial charge in [-0.05, 0) is 6.42 Å². The largest absolute Gasteiger partial charge is 0.481 e. The third kappa shape index (κ3) is 3.17. The average Bonchev–Trinajstić information content (AvgIpc) is 2.98. The van der Waals surface area contributed by atoms with Crippen molar-refractivity contribution in [2.24, 2.45) is 11.8 Å². The van der Waals surface area contributed by atoms with E-state index in [-0.39, 0.29) is 12.5 Å². The first-order chi connectivity index (χ1) is 7.10. The number of aliphatic carboxylic acids is 1. The van der Waals surface area contributed by atoms with Crippen LogP contribution in [0.3, 0.4) is 0 Å². The lowest BCUT2D eigenvalue weighted by atomic mass is 10.3. The van der Waals surface area contributed by atoms with Crippen LogP contribution in [0.2, 0.25) is 0 Å². The van der Waals surface area contributed by atoms with E-state index in [2.05, 4.69) is 5.32 Å². The van der Waals surface area contributed by atoms with Crippen LogP contribution in [0, 0.1) is 11.8 Å². The molecule has 0 aromatic heterocycles. The number of carboxylic acids is 1. The topological polar surface area (TPSA) is 84.9 Å². The molecule has 1 amide bonds. The van der Waals surface area contributed by atoms with Crippen molar-refractivity contribution in [1.82, 2.24) is 5.32 Å². The zero-order valence-electron chi connectivity index (χ0n) is 8.73. The molecule has 6 nitrogen and oxygen atoms in total. The van der Waals surface area contributed by atoms with Gasteiger partial charge in [-0.1, -0.05) is 0 Å². The van der Waals surface area contributed by atoms with Crippen LogP contribution < -0.4 is 5.32 Å². The normalized spacial score (nSPS) is 23.9. The zero-order valence-corrected chi connectivity index (χ0v) is 8.73. The summed E-state index contributed by atoms with van der Waals surface area (Å²) in [5, 5.41) is 11.2. The molecule has 0 saturated heterocycles. The Labute approximate surface area is 87.5 Å². The van der Waals surface area contributed by atoms with Gasteiger partial charge in [0, 0.05) is 14.2 Å². The van der Waals surface area contributed by atoms with Crippen LogP contribution >= 0.6 is 0 Å². The number of carboxylic acid groups (broad SMARTS) is 1. The predicted octanol–water partition coefficient (Wildman–Crippen LogP) is -0.558. The van der Waals surface area contributed by atoms with E-state index in [1.807, 2.05) is 0 Å². The van der Waals surface area contributed by atoms with Gasteiger partial charge in [-0.15, -0.1) is 0 Å². The van der Waals surface area contributed by atoms with E-state index in [4.69, 9.17) is 14.6 Å². The van der Waals surface area contributed by atoms with Gasteiger partial charge in [0.05, 0.1) is 18.4 Å². The van der Waals surface area contributed by atoms with Gasteiger partial charge < -0.3 is 19.9 Å². The maximum Gasteiger partial charge on any atom is 0.307 e. The smallest absolute Gasteiger partial charge is 0.307 e. The molecule has 1 saturated carbocycles. The Morgan fingerprint density at radius 1 is 1.40 bits per heavy atom. The van der Waals surface area contributed by atoms with Crippen molar-refractivity contribution in [3.63, 3.8) is 0 Å². The standard InChI is InChI=1S/C9H15NO5/c1-14-7(15-2)4-10-8(11)5-3-6(5)9(12)13/h5-7H,3-4H2,1-2H3,(H,10,11)(H,12,13)/t5-,6+/m1/s1. The molecule has 0 aliphatic heterocycles. The number of nitrogens with one attached hydrogen (secondary N) is 1. The molecule has 2 N–H and O–H groups in total. The number of hydrogen-bond donors (Lipinski definition) is 2. The minimum atomic E-state index is -0.912. The predicted molar refractivity (Wildman–Crippen MR) is 50.0 cm³/mol. The molecule has 0 spiro atoms. The zero-order chi connectivity index (χ0) is 11.4. The van der Waals surface area contributed by atoms with Crippen molar-refractivity contribution in [1.29, 1.82) is 0 Å². The minimum absolute atomic E-state index is 0.231. The third-order valence-corrected chi connectivity index (χ3v) is 2.41. The Hall–Kier alpha value is -1.14. The SMILES string of the molecule is COC(CNC(=O)[C@@H]1C[C@@H]1C(=O)O)OC. The van der Waals surface area contributed by atoms with Crippen molar-refractivity contribution in [3.05, 3.63) is 0 Å². The lowest BCUT2D eigenvalue weighted by Gasteiger charge is -2.13. The first-order valence-electron chi connectivity index (χ1n) is 4.66. The number of methoxy groups -OCH3 is 2. The molecule has 1 aliphatic rings. The van der Waals surface area contributed by atoms with Gasteiger partial charge in [-0.3, -0.25) is 9.59 Å². The summed E-state index contributed by atoms with van der Waals surface area (Å²) in [5.74, 6) is -2.07. The molecule has 0 aromatic carbocycles. The van der Waals surface area contributed by atoms with Crippen LogP contribution in [-0.2, 0) is 19.1 Å². The highest BCUT2D eigenvalue weighted by Gasteiger charge is 2.48. The number of carbonyl (C=O) groups is 2. The fraction of sp³-hybridized carbons (Fsp3) is 0.778. The monoisotopic (exact) mass is 217 g/mol. The molecule has 1 rings (SSSR count). The first kappa shape index (κ1) is 11.9. The maximum atomic E-state index is 11.4. The minimum Gasteiger partial charge on any atom is -0.481 e. The van der Waals surface area contributed by atoms with Crippen LogP contribution in [0.1, 0.15) is 6.42 Å². The Balaban J connectivity index is 2.23. The van der Waals surface area contributed by atoms with E-state index >= 15 is 0 Å². The average molecular weight is 217 g/mol. The second kappa shape index (κ2) is 5.09. The van der Waals surface area contributed by atoms with Crippen molar-refractivity contribution < 1.29 is 24.2 Å². The highest BCUT2D eigenvalue weighted by atomic mass is 16.7. The summed E-state index contributed by atoms with van der Waals surface area (Å²) in [7, 11) is 2.94. The second-order valence-corrected chi connectivity index (χ2v) is 3.43. The van der Waals surface area contributed by atoms with E-state index < -0.39 is 24.1 Å². The Kier molecular flexibility index (Phi) is 4.05. The molecule has 1 aliphatic carbocycles. The van der Waals surface area contributed by atoms with Crippen molar-refractivity contribution in [2.75, 3.05) is 20.8 Å². The molecule has 1 fully saturated rings. The first-order valence-corrected chi connectivity index (χ1v) is 4.66. The van der Waals surface area contributed by atoms with Gasteiger partial charge in [0.15, 0.2) is 6.29 Å². The molecular formula is C9H15NO5. The summed E-state index contributed by atoms with van der Waals surface area (Å²) >= 11 is 0. The second-order valence-electron chi connectivity index (χ2n) is 3.43. The molecule has 0 bridgehead atoms. The number of hydrogen-bond acceptors (Lipinski definition) is 4. The summed E-state index contributed by atoms with van der Waals surface area (Å²) < 4.78 is 9.74. The Morgan fingerprint density at radius 3 is 2.40 bits per heavy atom. The van der Waals surface area contributed by atoms with Gasteiger partial charge in [-0.25, -0.2) is 0 Å². The molecule has 86 valence electrons. The van der Waals surface area contributed by atoms with Gasteiger partial charge in [0.1, 0.15) is 0 Å². The molecule has 0 heterocycles. The molecular weight excluding hydrogens is 202 g/mol. The molecule has 15 heavy (non-hydrogen) atoms.